The molecule has 0 saturated heterocycles. The summed E-state index contributed by atoms with van der Waals surface area (Å²) in [6, 6.07) is 14.3. The maximum Gasteiger partial charge on any atom is 0.212 e. The number of fused-ring (bicyclic) bond motifs is 2. The third-order valence-electron chi connectivity index (χ3n) is 3.93. The normalized spacial score (nSPS) is 13.9. The van der Waals surface area contributed by atoms with E-state index in [1.54, 1.807) is 23.1 Å². The van der Waals surface area contributed by atoms with Crippen molar-refractivity contribution in [2.45, 2.75) is 0 Å². The van der Waals surface area contributed by atoms with Crippen molar-refractivity contribution in [2.75, 3.05) is 11.4 Å². The Balaban J connectivity index is 2.04. The molecule has 2 aromatic carbocycles. The largest absolute Gasteiger partial charge is 0.439 e. The number of carbonyl (C=O) groups is 1. The zero-order valence-electron chi connectivity index (χ0n) is 12.5. The molecule has 1 aromatic heterocycles. The first-order valence-electron chi connectivity index (χ1n) is 7.43. The first-order valence-corrected chi connectivity index (χ1v) is 7.81. The second kappa shape index (κ2) is 5.65. The van der Waals surface area contributed by atoms with E-state index in [-0.39, 0.29) is 17.8 Å². The van der Waals surface area contributed by atoms with Crippen LogP contribution in [0.5, 0.6) is 0 Å². The predicted molar refractivity (Wildman–Crippen MR) is 95.0 cm³/mol. The molecule has 0 saturated carbocycles. The lowest BCUT2D eigenvalue weighted by Gasteiger charge is -2.22. The highest BCUT2D eigenvalue weighted by atomic mass is 35.5. The van der Waals surface area contributed by atoms with Crippen LogP contribution in [0.1, 0.15) is 5.56 Å². The molecule has 0 aliphatic carbocycles. The first kappa shape index (κ1) is 14.7. The Hall–Kier alpha value is -2.85. The lowest BCUT2D eigenvalue weighted by Crippen LogP contribution is -2.24. The molecule has 2 heterocycles. The second-order valence-corrected chi connectivity index (χ2v) is 5.95. The number of halogens is 1. The summed E-state index contributed by atoms with van der Waals surface area (Å²) in [5, 5.41) is 0.858. The summed E-state index contributed by atoms with van der Waals surface area (Å²) in [4.78, 5) is 26.7. The van der Waals surface area contributed by atoms with E-state index in [2.05, 4.69) is 0 Å². The highest BCUT2D eigenvalue weighted by Crippen LogP contribution is 2.32. The van der Waals surface area contributed by atoms with Crippen LogP contribution in [0.3, 0.4) is 0 Å². The molecule has 0 radical (unpaired) electrons. The average molecular weight is 338 g/mol. The molecule has 118 valence electrons. The Morgan fingerprint density at radius 1 is 1.00 bits per heavy atom. The van der Waals surface area contributed by atoms with Gasteiger partial charge in [0.05, 0.1) is 17.5 Å². The van der Waals surface area contributed by atoms with Crippen LogP contribution < -0.4 is 10.3 Å². The minimum Gasteiger partial charge on any atom is -0.439 e. The van der Waals surface area contributed by atoms with Crippen LogP contribution in [0.15, 0.2) is 63.8 Å². The number of benzene rings is 2. The Bertz CT molecular complexity index is 1040. The van der Waals surface area contributed by atoms with E-state index in [0.29, 0.717) is 27.4 Å². The summed E-state index contributed by atoms with van der Waals surface area (Å²) < 4.78 is 5.98. The van der Waals surface area contributed by atoms with Gasteiger partial charge < -0.3 is 9.32 Å². The fourth-order valence-electron chi connectivity index (χ4n) is 2.79. The van der Waals surface area contributed by atoms with Crippen molar-refractivity contribution < 1.29 is 9.21 Å². The molecule has 0 unspecified atom stereocenters. The van der Waals surface area contributed by atoms with Gasteiger partial charge in [-0.25, -0.2) is 0 Å². The summed E-state index contributed by atoms with van der Waals surface area (Å²) in [7, 11) is 0. The van der Waals surface area contributed by atoms with E-state index in [1.165, 1.54) is 12.2 Å². The predicted octanol–water partition coefficient (Wildman–Crippen LogP) is 4.18. The van der Waals surface area contributed by atoms with Gasteiger partial charge in [0, 0.05) is 10.7 Å². The van der Waals surface area contributed by atoms with Crippen molar-refractivity contribution in [3.05, 3.63) is 75.4 Å². The average Bonchev–Trinajstić information content (AvgIpc) is 2.76. The monoisotopic (exact) mass is 337 g/mol. The molecular weight excluding hydrogens is 326 g/mol. The van der Waals surface area contributed by atoms with Gasteiger partial charge in [0.15, 0.2) is 5.78 Å². The molecule has 4 rings (SSSR count). The van der Waals surface area contributed by atoms with Crippen molar-refractivity contribution in [3.63, 3.8) is 0 Å². The number of anilines is 2. The quantitative estimate of drug-likeness (QED) is 0.668. The maximum atomic E-state index is 12.9. The van der Waals surface area contributed by atoms with Crippen molar-refractivity contribution >= 4 is 46.0 Å². The van der Waals surface area contributed by atoms with E-state index in [9.17, 15) is 9.59 Å². The maximum absolute atomic E-state index is 12.9. The summed E-state index contributed by atoms with van der Waals surface area (Å²) in [5.41, 5.74) is 1.36. The number of para-hydroxylation sites is 1. The fraction of sp³-hybridized carbons (Fsp3) is 0.0526. The van der Waals surface area contributed by atoms with Crippen LogP contribution in [0.25, 0.3) is 17.0 Å². The zero-order chi connectivity index (χ0) is 16.7. The number of ketones is 1. The third-order valence-corrected chi connectivity index (χ3v) is 4.17. The topological polar surface area (TPSA) is 50.5 Å². The van der Waals surface area contributed by atoms with Gasteiger partial charge >= 0.3 is 0 Å². The van der Waals surface area contributed by atoms with Crippen LogP contribution in [-0.4, -0.2) is 12.3 Å². The fourth-order valence-corrected chi connectivity index (χ4v) is 2.96. The molecule has 0 fully saturated rings. The number of rotatable bonds is 1. The number of hydrogen-bond acceptors (Lipinski definition) is 4. The van der Waals surface area contributed by atoms with Gasteiger partial charge in [-0.15, -0.1) is 0 Å². The molecule has 5 heteroatoms. The van der Waals surface area contributed by atoms with Crippen molar-refractivity contribution in [2.24, 2.45) is 0 Å². The molecular formula is C19H12ClNO3. The van der Waals surface area contributed by atoms with Gasteiger partial charge in [-0.05, 0) is 42.5 Å². The Morgan fingerprint density at radius 2 is 1.79 bits per heavy atom. The van der Waals surface area contributed by atoms with Crippen LogP contribution in [0, 0.1) is 0 Å². The molecule has 0 amide bonds. The summed E-state index contributed by atoms with van der Waals surface area (Å²) >= 11 is 5.99. The summed E-state index contributed by atoms with van der Waals surface area (Å²) in [6.07, 6.45) is 2.93. The van der Waals surface area contributed by atoms with Crippen molar-refractivity contribution in [3.8, 4) is 0 Å². The van der Waals surface area contributed by atoms with Crippen LogP contribution in [-0.2, 0) is 4.79 Å². The molecule has 1 aliphatic rings. The van der Waals surface area contributed by atoms with E-state index in [1.807, 2.05) is 30.3 Å². The standard InChI is InChI=1S/C19H12ClNO3/c20-12-6-9-17-16(10-12)18(23)15-8-7-14(22)11-21(19(15)24-17)13-4-2-1-3-5-13/h1-10H,11H2. The molecule has 3 aromatic rings. The van der Waals surface area contributed by atoms with Crippen LogP contribution in [0.4, 0.5) is 11.6 Å². The Morgan fingerprint density at radius 3 is 2.58 bits per heavy atom. The van der Waals surface area contributed by atoms with E-state index >= 15 is 0 Å². The lowest BCUT2D eigenvalue weighted by molar-refractivity contribution is -0.113. The third kappa shape index (κ3) is 2.41. The van der Waals surface area contributed by atoms with Gasteiger partial charge in [0.25, 0.3) is 0 Å². The van der Waals surface area contributed by atoms with Crippen molar-refractivity contribution in [1.82, 2.24) is 0 Å². The highest BCUT2D eigenvalue weighted by molar-refractivity contribution is 6.31. The van der Waals surface area contributed by atoms with Gasteiger partial charge in [-0.3, -0.25) is 9.59 Å². The Kier molecular flexibility index (Phi) is 3.47. The molecule has 0 N–H and O–H groups in total. The molecule has 0 atom stereocenters. The van der Waals surface area contributed by atoms with Crippen LogP contribution >= 0.6 is 11.6 Å². The van der Waals surface area contributed by atoms with E-state index in [0.717, 1.165) is 5.69 Å². The zero-order valence-corrected chi connectivity index (χ0v) is 13.3. The van der Waals surface area contributed by atoms with Gasteiger partial charge in [0.1, 0.15) is 5.58 Å². The Labute approximate surface area is 142 Å². The summed E-state index contributed by atoms with van der Waals surface area (Å²) in [5.74, 6) is 0.259. The van der Waals surface area contributed by atoms with Crippen LogP contribution in [0.2, 0.25) is 5.02 Å². The van der Waals surface area contributed by atoms with Gasteiger partial charge in [0.2, 0.25) is 11.3 Å². The molecule has 0 spiro atoms. The molecule has 0 bridgehead atoms. The second-order valence-electron chi connectivity index (χ2n) is 5.51. The van der Waals surface area contributed by atoms with Gasteiger partial charge in [-0.1, -0.05) is 29.8 Å². The van der Waals surface area contributed by atoms with E-state index < -0.39 is 0 Å². The van der Waals surface area contributed by atoms with Gasteiger partial charge in [-0.2, -0.15) is 0 Å². The highest BCUT2D eigenvalue weighted by Gasteiger charge is 2.24. The lowest BCUT2D eigenvalue weighted by atomic mass is 10.1. The molecule has 24 heavy (non-hydrogen) atoms. The van der Waals surface area contributed by atoms with Crippen molar-refractivity contribution in [1.29, 1.82) is 0 Å². The summed E-state index contributed by atoms with van der Waals surface area (Å²) in [6.45, 7) is 0.107. The molecule has 1 aliphatic heterocycles. The number of hydrogen-bond donors (Lipinski definition) is 0. The smallest absolute Gasteiger partial charge is 0.212 e. The first-order chi connectivity index (χ1) is 11.6. The van der Waals surface area contributed by atoms with E-state index in [4.69, 9.17) is 16.0 Å². The number of nitrogens with zero attached hydrogens (tertiary/aromatic N) is 1. The SMILES string of the molecule is O=C1C=Cc2c(oc3ccc(Cl)cc3c2=O)N(c2ccccc2)C1. The minimum absolute atomic E-state index is 0.105. The molecule has 4 nitrogen and oxygen atoms in total. The minimum atomic E-state index is -0.208. The number of carbonyl (C=O) groups excluding carboxylic acids is 1.